The van der Waals surface area contributed by atoms with E-state index >= 15 is 0 Å². The van der Waals surface area contributed by atoms with E-state index in [1.165, 1.54) is 0 Å². The SMILES string of the molecule is CCOC(=O)C1CNCCN1Cc1ccc(C(=O)O)cc1. The third kappa shape index (κ3) is 4.03. The summed E-state index contributed by atoms with van der Waals surface area (Å²) in [6, 6.07) is 6.44. The molecule has 6 nitrogen and oxygen atoms in total. The average molecular weight is 292 g/mol. The molecular weight excluding hydrogens is 272 g/mol. The van der Waals surface area contributed by atoms with Crippen molar-refractivity contribution >= 4 is 11.9 Å². The number of benzene rings is 1. The molecule has 1 heterocycles. The maximum atomic E-state index is 12.0. The molecule has 0 amide bonds. The number of aromatic carboxylic acids is 1. The number of carbonyl (C=O) groups is 2. The Kier molecular flexibility index (Phi) is 5.30. The molecule has 6 heteroatoms. The molecule has 0 radical (unpaired) electrons. The number of carbonyl (C=O) groups excluding carboxylic acids is 1. The zero-order chi connectivity index (χ0) is 15.2. The van der Waals surface area contributed by atoms with Gasteiger partial charge in [0.1, 0.15) is 6.04 Å². The summed E-state index contributed by atoms with van der Waals surface area (Å²) in [4.78, 5) is 24.9. The molecule has 1 atom stereocenters. The minimum Gasteiger partial charge on any atom is -0.478 e. The van der Waals surface area contributed by atoms with Gasteiger partial charge >= 0.3 is 11.9 Å². The fourth-order valence-electron chi connectivity index (χ4n) is 2.39. The Bertz CT molecular complexity index is 501. The lowest BCUT2D eigenvalue weighted by Gasteiger charge is -2.34. The van der Waals surface area contributed by atoms with Gasteiger partial charge in [-0.1, -0.05) is 12.1 Å². The van der Waals surface area contributed by atoms with Gasteiger partial charge in [0.25, 0.3) is 0 Å². The molecule has 21 heavy (non-hydrogen) atoms. The Balaban J connectivity index is 2.04. The van der Waals surface area contributed by atoms with E-state index < -0.39 is 5.97 Å². The zero-order valence-corrected chi connectivity index (χ0v) is 12.0. The van der Waals surface area contributed by atoms with Crippen LogP contribution in [0.15, 0.2) is 24.3 Å². The van der Waals surface area contributed by atoms with Gasteiger partial charge in [0, 0.05) is 26.2 Å². The molecule has 1 aromatic carbocycles. The van der Waals surface area contributed by atoms with Crippen LogP contribution in [0.25, 0.3) is 0 Å². The van der Waals surface area contributed by atoms with Gasteiger partial charge in [0.15, 0.2) is 0 Å². The van der Waals surface area contributed by atoms with Crippen molar-refractivity contribution in [2.45, 2.75) is 19.5 Å². The van der Waals surface area contributed by atoms with E-state index in [4.69, 9.17) is 9.84 Å². The molecular formula is C15H20N2O4. The molecule has 1 fully saturated rings. The van der Waals surface area contributed by atoms with Gasteiger partial charge in [-0.2, -0.15) is 0 Å². The van der Waals surface area contributed by atoms with E-state index in [1.54, 1.807) is 31.2 Å². The quantitative estimate of drug-likeness (QED) is 0.779. The largest absolute Gasteiger partial charge is 0.478 e. The van der Waals surface area contributed by atoms with Crippen LogP contribution in [-0.2, 0) is 16.1 Å². The first-order chi connectivity index (χ1) is 10.1. The number of carboxylic acids is 1. The fraction of sp³-hybridized carbons (Fsp3) is 0.467. The normalized spacial score (nSPS) is 19.2. The summed E-state index contributed by atoms with van der Waals surface area (Å²) in [6.45, 7) is 4.92. The lowest BCUT2D eigenvalue weighted by molar-refractivity contribution is -0.150. The molecule has 0 bridgehead atoms. The van der Waals surface area contributed by atoms with Crippen molar-refractivity contribution in [1.82, 2.24) is 10.2 Å². The highest BCUT2D eigenvalue weighted by Crippen LogP contribution is 2.13. The first kappa shape index (κ1) is 15.5. The molecule has 0 aliphatic carbocycles. The predicted octanol–water partition coefficient (Wildman–Crippen LogP) is 0.722. The topological polar surface area (TPSA) is 78.9 Å². The molecule has 0 aromatic heterocycles. The van der Waals surface area contributed by atoms with Crippen molar-refractivity contribution in [2.24, 2.45) is 0 Å². The van der Waals surface area contributed by atoms with Gasteiger partial charge in [0.2, 0.25) is 0 Å². The van der Waals surface area contributed by atoms with Gasteiger partial charge in [-0.3, -0.25) is 9.69 Å². The van der Waals surface area contributed by atoms with Crippen molar-refractivity contribution < 1.29 is 19.4 Å². The number of hydrogen-bond donors (Lipinski definition) is 2. The van der Waals surface area contributed by atoms with Crippen molar-refractivity contribution in [3.8, 4) is 0 Å². The molecule has 1 aliphatic heterocycles. The van der Waals surface area contributed by atoms with E-state index in [1.807, 2.05) is 0 Å². The summed E-state index contributed by atoms with van der Waals surface area (Å²) in [5.41, 5.74) is 1.25. The second-order valence-electron chi connectivity index (χ2n) is 4.94. The maximum absolute atomic E-state index is 12.0. The minimum atomic E-state index is -0.937. The number of nitrogens with zero attached hydrogens (tertiary/aromatic N) is 1. The first-order valence-corrected chi connectivity index (χ1v) is 7.05. The molecule has 1 aromatic rings. The van der Waals surface area contributed by atoms with Crippen molar-refractivity contribution in [2.75, 3.05) is 26.2 Å². The molecule has 2 rings (SSSR count). The number of carboxylic acid groups (broad SMARTS) is 1. The summed E-state index contributed by atoms with van der Waals surface area (Å²) >= 11 is 0. The van der Waals surface area contributed by atoms with Gasteiger partial charge in [-0.25, -0.2) is 4.79 Å². The van der Waals surface area contributed by atoms with E-state index in [9.17, 15) is 9.59 Å². The summed E-state index contributed by atoms with van der Waals surface area (Å²) in [5.74, 6) is -1.15. The van der Waals surface area contributed by atoms with Gasteiger partial charge < -0.3 is 15.2 Å². The Hall–Kier alpha value is -1.92. The van der Waals surface area contributed by atoms with E-state index in [0.29, 0.717) is 19.7 Å². The standard InChI is InChI=1S/C15H20N2O4/c1-2-21-15(20)13-9-16-7-8-17(13)10-11-3-5-12(6-4-11)14(18)19/h3-6,13,16H,2,7-10H2,1H3,(H,18,19). The Morgan fingerprint density at radius 2 is 2.10 bits per heavy atom. The van der Waals surface area contributed by atoms with Crippen LogP contribution in [0.4, 0.5) is 0 Å². The van der Waals surface area contributed by atoms with Crippen LogP contribution in [0.2, 0.25) is 0 Å². The summed E-state index contributed by atoms with van der Waals surface area (Å²) in [6.07, 6.45) is 0. The molecule has 0 saturated carbocycles. The molecule has 2 N–H and O–H groups in total. The van der Waals surface area contributed by atoms with Crippen molar-refractivity contribution in [3.63, 3.8) is 0 Å². The molecule has 114 valence electrons. The lowest BCUT2D eigenvalue weighted by atomic mass is 10.1. The fourth-order valence-corrected chi connectivity index (χ4v) is 2.39. The van der Waals surface area contributed by atoms with Crippen molar-refractivity contribution in [3.05, 3.63) is 35.4 Å². The van der Waals surface area contributed by atoms with Crippen LogP contribution >= 0.6 is 0 Å². The summed E-state index contributed by atoms with van der Waals surface area (Å²) in [7, 11) is 0. The Labute approximate surface area is 123 Å². The highest BCUT2D eigenvalue weighted by molar-refractivity contribution is 5.87. The number of rotatable bonds is 5. The molecule has 1 saturated heterocycles. The number of piperazine rings is 1. The average Bonchev–Trinajstić information content (AvgIpc) is 2.48. The van der Waals surface area contributed by atoms with Crippen LogP contribution in [-0.4, -0.2) is 54.2 Å². The van der Waals surface area contributed by atoms with E-state index in [-0.39, 0.29) is 17.6 Å². The number of hydrogen-bond acceptors (Lipinski definition) is 5. The van der Waals surface area contributed by atoms with Crippen LogP contribution in [0.5, 0.6) is 0 Å². The van der Waals surface area contributed by atoms with E-state index in [0.717, 1.165) is 18.7 Å². The lowest BCUT2D eigenvalue weighted by Crippen LogP contribution is -2.54. The van der Waals surface area contributed by atoms with Crippen LogP contribution in [0.1, 0.15) is 22.8 Å². The monoisotopic (exact) mass is 292 g/mol. The van der Waals surface area contributed by atoms with E-state index in [2.05, 4.69) is 10.2 Å². The summed E-state index contributed by atoms with van der Waals surface area (Å²) < 4.78 is 5.10. The Morgan fingerprint density at radius 3 is 2.71 bits per heavy atom. The first-order valence-electron chi connectivity index (χ1n) is 7.05. The predicted molar refractivity (Wildman–Crippen MR) is 77.1 cm³/mol. The zero-order valence-electron chi connectivity index (χ0n) is 12.0. The third-order valence-electron chi connectivity index (χ3n) is 3.50. The van der Waals surface area contributed by atoms with Crippen molar-refractivity contribution in [1.29, 1.82) is 0 Å². The minimum absolute atomic E-state index is 0.216. The maximum Gasteiger partial charge on any atom is 0.335 e. The van der Waals surface area contributed by atoms with Crippen LogP contribution in [0, 0.1) is 0 Å². The molecule has 1 unspecified atom stereocenters. The number of ether oxygens (including phenoxy) is 1. The Morgan fingerprint density at radius 1 is 1.38 bits per heavy atom. The number of esters is 1. The highest BCUT2D eigenvalue weighted by atomic mass is 16.5. The van der Waals surface area contributed by atoms with Gasteiger partial charge in [-0.15, -0.1) is 0 Å². The molecule has 1 aliphatic rings. The van der Waals surface area contributed by atoms with Crippen LogP contribution in [0.3, 0.4) is 0 Å². The smallest absolute Gasteiger partial charge is 0.335 e. The van der Waals surface area contributed by atoms with Gasteiger partial charge in [0.05, 0.1) is 12.2 Å². The van der Waals surface area contributed by atoms with Crippen LogP contribution < -0.4 is 5.32 Å². The highest BCUT2D eigenvalue weighted by Gasteiger charge is 2.29. The third-order valence-corrected chi connectivity index (χ3v) is 3.50. The summed E-state index contributed by atoms with van der Waals surface area (Å²) in [5, 5.41) is 12.1. The number of nitrogens with one attached hydrogen (secondary N) is 1. The second-order valence-corrected chi connectivity index (χ2v) is 4.94. The second kappa shape index (κ2) is 7.19. The molecule has 0 spiro atoms. The van der Waals surface area contributed by atoms with Gasteiger partial charge in [-0.05, 0) is 24.6 Å².